The van der Waals surface area contributed by atoms with Crippen LogP contribution in [0, 0.1) is 13.8 Å². The summed E-state index contributed by atoms with van der Waals surface area (Å²) in [5.41, 5.74) is 2.69. The summed E-state index contributed by atoms with van der Waals surface area (Å²) >= 11 is 0. The molecule has 7 nitrogen and oxygen atoms in total. The van der Waals surface area contributed by atoms with Gasteiger partial charge in [0.2, 0.25) is 15.9 Å². The molecule has 0 unspecified atom stereocenters. The van der Waals surface area contributed by atoms with Gasteiger partial charge in [-0.2, -0.15) is 0 Å². The Labute approximate surface area is 189 Å². The number of rotatable bonds is 8. The molecule has 1 fully saturated rings. The number of nitrogens with zero attached hydrogens (tertiary/aromatic N) is 1. The van der Waals surface area contributed by atoms with Crippen LogP contribution in [0.15, 0.2) is 47.4 Å². The van der Waals surface area contributed by atoms with Gasteiger partial charge >= 0.3 is 0 Å². The van der Waals surface area contributed by atoms with Crippen LogP contribution in [0.5, 0.6) is 5.75 Å². The molecule has 0 bridgehead atoms. The highest BCUT2D eigenvalue weighted by atomic mass is 32.2. The summed E-state index contributed by atoms with van der Waals surface area (Å²) in [6, 6.07) is 11.9. The van der Waals surface area contributed by atoms with Crippen molar-refractivity contribution in [2.75, 3.05) is 19.6 Å². The van der Waals surface area contributed by atoms with Crippen molar-refractivity contribution in [1.82, 2.24) is 9.62 Å². The predicted octanol–water partition coefficient (Wildman–Crippen LogP) is 3.24. The lowest BCUT2D eigenvalue weighted by molar-refractivity contribution is -0.132. The normalized spacial score (nSPS) is 14.9. The Balaban J connectivity index is 1.45. The molecule has 0 atom stereocenters. The van der Waals surface area contributed by atoms with E-state index in [0.29, 0.717) is 18.7 Å². The van der Waals surface area contributed by atoms with Crippen molar-refractivity contribution in [2.45, 2.75) is 51.0 Å². The lowest BCUT2D eigenvalue weighted by atomic mass is 10.1. The minimum absolute atomic E-state index is 0.0224. The number of hydrogen-bond donors (Lipinski definition) is 1. The topological polar surface area (TPSA) is 92.8 Å². The highest BCUT2D eigenvalue weighted by Crippen LogP contribution is 2.24. The predicted molar refractivity (Wildman–Crippen MR) is 122 cm³/mol. The maximum absolute atomic E-state index is 12.5. The first-order chi connectivity index (χ1) is 15.2. The number of ketones is 1. The zero-order valence-corrected chi connectivity index (χ0v) is 19.6. The molecule has 2 aromatic carbocycles. The third kappa shape index (κ3) is 6.17. The smallest absolute Gasteiger partial charge is 0.240 e. The Morgan fingerprint density at radius 1 is 1.06 bits per heavy atom. The first kappa shape index (κ1) is 23.9. The molecular formula is C24H30N2O5S. The number of benzene rings is 2. The number of sulfonamides is 1. The molecule has 172 valence electrons. The molecule has 1 aliphatic rings. The van der Waals surface area contributed by atoms with Crippen molar-refractivity contribution in [3.05, 3.63) is 59.2 Å². The summed E-state index contributed by atoms with van der Waals surface area (Å²) in [5, 5.41) is 0. The van der Waals surface area contributed by atoms with E-state index in [9.17, 15) is 18.0 Å². The first-order valence-corrected chi connectivity index (χ1v) is 12.3. The molecule has 0 aliphatic carbocycles. The van der Waals surface area contributed by atoms with Gasteiger partial charge in [0.15, 0.2) is 5.78 Å². The highest BCUT2D eigenvalue weighted by molar-refractivity contribution is 7.89. The van der Waals surface area contributed by atoms with E-state index in [-0.39, 0.29) is 35.7 Å². The van der Waals surface area contributed by atoms with Gasteiger partial charge in [-0.05, 0) is 50.1 Å². The van der Waals surface area contributed by atoms with Crippen LogP contribution in [0.25, 0.3) is 0 Å². The molecule has 8 heteroatoms. The third-order valence-corrected chi connectivity index (χ3v) is 7.11. The minimum atomic E-state index is -3.73. The Morgan fingerprint density at radius 2 is 1.72 bits per heavy atom. The largest absolute Gasteiger partial charge is 0.490 e. The summed E-state index contributed by atoms with van der Waals surface area (Å²) in [7, 11) is -3.73. The fourth-order valence-corrected chi connectivity index (χ4v) is 4.67. The molecule has 0 spiro atoms. The molecule has 1 aliphatic heterocycles. The van der Waals surface area contributed by atoms with E-state index in [1.54, 1.807) is 4.90 Å². The zero-order chi connectivity index (χ0) is 23.3. The van der Waals surface area contributed by atoms with Gasteiger partial charge in [-0.15, -0.1) is 0 Å². The molecule has 0 radical (unpaired) electrons. The molecule has 3 rings (SSSR count). The quantitative estimate of drug-likeness (QED) is 0.613. The number of Topliss-reactive ketones (excluding diaryl/α,β-unsaturated/α-hetero) is 1. The molecule has 32 heavy (non-hydrogen) atoms. The minimum Gasteiger partial charge on any atom is -0.490 e. The van der Waals surface area contributed by atoms with Crippen LogP contribution in [-0.4, -0.2) is 50.7 Å². The van der Waals surface area contributed by atoms with Gasteiger partial charge in [-0.1, -0.05) is 24.3 Å². The van der Waals surface area contributed by atoms with Crippen LogP contribution < -0.4 is 9.46 Å². The number of nitrogens with one attached hydrogen (secondary N) is 1. The van der Waals surface area contributed by atoms with Gasteiger partial charge in [0, 0.05) is 44.5 Å². The number of carbonyl (C=O) groups is 2. The molecule has 1 N–H and O–H groups in total. The Morgan fingerprint density at radius 3 is 2.34 bits per heavy atom. The fourth-order valence-electron chi connectivity index (χ4n) is 3.64. The molecule has 0 aromatic heterocycles. The molecule has 1 saturated heterocycles. The van der Waals surface area contributed by atoms with E-state index in [0.717, 1.165) is 29.7 Å². The van der Waals surface area contributed by atoms with Gasteiger partial charge < -0.3 is 9.64 Å². The number of amides is 1. The van der Waals surface area contributed by atoms with Gasteiger partial charge in [0.05, 0.1) is 4.90 Å². The van der Waals surface area contributed by atoms with E-state index in [4.69, 9.17) is 4.74 Å². The van der Waals surface area contributed by atoms with E-state index >= 15 is 0 Å². The van der Waals surface area contributed by atoms with Crippen LogP contribution in [-0.2, 0) is 14.8 Å². The molecule has 1 amide bonds. The van der Waals surface area contributed by atoms with E-state index < -0.39 is 10.0 Å². The third-order valence-electron chi connectivity index (χ3n) is 5.63. The summed E-state index contributed by atoms with van der Waals surface area (Å²) < 4.78 is 33.4. The lowest BCUT2D eigenvalue weighted by Gasteiger charge is -2.32. The lowest BCUT2D eigenvalue weighted by Crippen LogP contribution is -2.42. The van der Waals surface area contributed by atoms with Crippen LogP contribution in [0.1, 0.15) is 47.7 Å². The monoisotopic (exact) mass is 458 g/mol. The maximum atomic E-state index is 12.5. The van der Waals surface area contributed by atoms with Crippen molar-refractivity contribution < 1.29 is 22.7 Å². The van der Waals surface area contributed by atoms with Crippen LogP contribution in [0.3, 0.4) is 0 Å². The van der Waals surface area contributed by atoms with Gasteiger partial charge in [0.25, 0.3) is 0 Å². The molecule has 2 aromatic rings. The van der Waals surface area contributed by atoms with Gasteiger partial charge in [-0.3, -0.25) is 9.59 Å². The number of piperidine rings is 1. The number of hydrogen-bond acceptors (Lipinski definition) is 5. The number of carbonyl (C=O) groups excluding carboxylic acids is 2. The van der Waals surface area contributed by atoms with Crippen molar-refractivity contribution in [2.24, 2.45) is 0 Å². The van der Waals surface area contributed by atoms with Crippen molar-refractivity contribution in [1.29, 1.82) is 0 Å². The fraction of sp³-hybridized carbons (Fsp3) is 0.417. The average Bonchev–Trinajstić information content (AvgIpc) is 2.76. The zero-order valence-electron chi connectivity index (χ0n) is 18.8. The van der Waals surface area contributed by atoms with Gasteiger partial charge in [-0.25, -0.2) is 13.1 Å². The summed E-state index contributed by atoms with van der Waals surface area (Å²) in [6.07, 6.45) is 1.64. The summed E-state index contributed by atoms with van der Waals surface area (Å²) in [5.74, 6) is 0.682. The Bertz CT molecular complexity index is 1070. The molecule has 1 heterocycles. The van der Waals surface area contributed by atoms with Crippen LogP contribution in [0.4, 0.5) is 0 Å². The van der Waals surface area contributed by atoms with Crippen LogP contribution in [0.2, 0.25) is 0 Å². The van der Waals surface area contributed by atoms with Crippen molar-refractivity contribution in [3.8, 4) is 5.75 Å². The molecule has 0 saturated carbocycles. The average molecular weight is 459 g/mol. The van der Waals surface area contributed by atoms with Crippen molar-refractivity contribution in [3.63, 3.8) is 0 Å². The van der Waals surface area contributed by atoms with E-state index in [2.05, 4.69) is 10.8 Å². The SMILES string of the molecule is CC(=O)c1ccc(S(=O)(=O)NCCC(=O)N2CCC(Oc3cc(C)ccc3C)CC2)cc1. The van der Waals surface area contributed by atoms with Crippen LogP contribution >= 0.6 is 0 Å². The second-order valence-corrected chi connectivity index (χ2v) is 9.96. The second kappa shape index (κ2) is 10.3. The Kier molecular flexibility index (Phi) is 7.69. The highest BCUT2D eigenvalue weighted by Gasteiger charge is 2.24. The maximum Gasteiger partial charge on any atom is 0.240 e. The number of ether oxygens (including phenoxy) is 1. The second-order valence-electron chi connectivity index (χ2n) is 8.20. The van der Waals surface area contributed by atoms with E-state index in [1.165, 1.54) is 31.2 Å². The number of likely N-dealkylation sites (tertiary alicyclic amines) is 1. The molecular weight excluding hydrogens is 428 g/mol. The first-order valence-electron chi connectivity index (χ1n) is 10.8. The standard InChI is InChI=1S/C24H30N2O5S/c1-17-4-5-18(2)23(16-17)31-21-11-14-26(15-12-21)24(28)10-13-25-32(29,30)22-8-6-20(7-9-22)19(3)27/h4-9,16,21,25H,10-15H2,1-3H3. The van der Waals surface area contributed by atoms with Gasteiger partial charge in [0.1, 0.15) is 11.9 Å². The Hall–Kier alpha value is -2.71. The van der Waals surface area contributed by atoms with Crippen molar-refractivity contribution >= 4 is 21.7 Å². The summed E-state index contributed by atoms with van der Waals surface area (Å²) in [6.45, 7) is 6.68. The number of aryl methyl sites for hydroxylation is 2. The summed E-state index contributed by atoms with van der Waals surface area (Å²) in [4.78, 5) is 25.7. The van der Waals surface area contributed by atoms with E-state index in [1.807, 2.05) is 26.0 Å².